The highest BCUT2D eigenvalue weighted by Crippen LogP contribution is 2.36. The number of ether oxygens (including phenoxy) is 1. The summed E-state index contributed by atoms with van der Waals surface area (Å²) in [7, 11) is 4.09. The van der Waals surface area contributed by atoms with Gasteiger partial charge in [-0.15, -0.1) is 0 Å². The molecule has 38 heavy (non-hydrogen) atoms. The van der Waals surface area contributed by atoms with Crippen molar-refractivity contribution in [2.75, 3.05) is 63.6 Å². The second kappa shape index (κ2) is 9.95. The minimum Gasteiger partial charge on any atom is -0.489 e. The average molecular weight is 512 g/mol. The molecule has 6 rings (SSSR count). The van der Waals surface area contributed by atoms with Gasteiger partial charge in [0.25, 0.3) is 5.91 Å². The summed E-state index contributed by atoms with van der Waals surface area (Å²) in [5, 5.41) is 4.36. The summed E-state index contributed by atoms with van der Waals surface area (Å²) >= 11 is 0. The third kappa shape index (κ3) is 4.63. The number of likely N-dealkylation sites (N-methyl/N-ethyl adjacent to an activating group) is 2. The van der Waals surface area contributed by atoms with E-state index in [9.17, 15) is 4.79 Å². The molecule has 0 atom stereocenters. The number of aromatic nitrogens is 1. The monoisotopic (exact) mass is 511 g/mol. The number of fused-ring (bicyclic) bond motifs is 2. The SMILES string of the molecule is CN1CCN(C(=O)c2ccc(-c3ccc4nccc(Nc5ccc6c(c5)OCCN6C)c4c3)c(F)c2)CC1. The first kappa shape index (κ1) is 24.2. The van der Waals surface area contributed by atoms with E-state index in [1.165, 1.54) is 6.07 Å². The van der Waals surface area contributed by atoms with Crippen LogP contribution in [0.3, 0.4) is 0 Å². The Balaban J connectivity index is 1.29. The van der Waals surface area contributed by atoms with E-state index < -0.39 is 5.82 Å². The van der Waals surface area contributed by atoms with E-state index in [-0.39, 0.29) is 5.91 Å². The normalized spacial score (nSPS) is 15.8. The number of piperazine rings is 1. The maximum absolute atomic E-state index is 15.3. The standard InChI is InChI=1S/C30H30FN5O2/c1-34-11-13-36(14-12-34)30(37)21-3-6-23(25(31)18-21)20-4-7-26-24(17-20)27(9-10-32-26)33-22-5-8-28-29(19-22)38-16-15-35(28)2/h3-10,17-19H,11-16H2,1-2H3,(H,32,33). The Kier molecular flexibility index (Phi) is 6.33. The number of pyridine rings is 1. The smallest absolute Gasteiger partial charge is 0.254 e. The Bertz CT molecular complexity index is 1520. The molecule has 7 nitrogen and oxygen atoms in total. The maximum Gasteiger partial charge on any atom is 0.254 e. The molecule has 0 spiro atoms. The van der Waals surface area contributed by atoms with Gasteiger partial charge in [0.1, 0.15) is 18.2 Å². The number of hydrogen-bond acceptors (Lipinski definition) is 6. The molecule has 0 aliphatic carbocycles. The molecule has 8 heteroatoms. The fourth-order valence-electron chi connectivity index (χ4n) is 5.09. The van der Waals surface area contributed by atoms with Crippen molar-refractivity contribution in [3.8, 4) is 16.9 Å². The molecule has 1 fully saturated rings. The predicted octanol–water partition coefficient (Wildman–Crippen LogP) is 5.00. The first-order chi connectivity index (χ1) is 18.5. The largest absolute Gasteiger partial charge is 0.489 e. The van der Waals surface area contributed by atoms with Crippen LogP contribution in [0.1, 0.15) is 10.4 Å². The Morgan fingerprint density at radius 3 is 2.61 bits per heavy atom. The van der Waals surface area contributed by atoms with Crippen LogP contribution in [0.5, 0.6) is 5.75 Å². The Hall–Kier alpha value is -4.17. The van der Waals surface area contributed by atoms with Gasteiger partial charge in [0, 0.05) is 73.4 Å². The summed E-state index contributed by atoms with van der Waals surface area (Å²) in [6.07, 6.45) is 1.76. The van der Waals surface area contributed by atoms with Crippen molar-refractivity contribution in [3.63, 3.8) is 0 Å². The Morgan fingerprint density at radius 2 is 1.79 bits per heavy atom. The number of nitrogens with zero attached hydrogens (tertiary/aromatic N) is 4. The summed E-state index contributed by atoms with van der Waals surface area (Å²) < 4.78 is 21.2. The summed E-state index contributed by atoms with van der Waals surface area (Å²) in [4.78, 5) is 23.6. The average Bonchev–Trinajstić information content (AvgIpc) is 2.93. The Morgan fingerprint density at radius 1 is 0.947 bits per heavy atom. The molecule has 3 heterocycles. The summed E-state index contributed by atoms with van der Waals surface area (Å²) in [5.74, 6) is 0.299. The second-order valence-corrected chi connectivity index (χ2v) is 9.96. The lowest BCUT2D eigenvalue weighted by Gasteiger charge is -2.32. The van der Waals surface area contributed by atoms with E-state index in [1.807, 2.05) is 49.5 Å². The van der Waals surface area contributed by atoms with Crippen molar-refractivity contribution in [1.29, 1.82) is 0 Å². The fourth-order valence-corrected chi connectivity index (χ4v) is 5.09. The van der Waals surface area contributed by atoms with E-state index >= 15 is 4.39 Å². The molecule has 1 N–H and O–H groups in total. The second-order valence-electron chi connectivity index (χ2n) is 9.96. The van der Waals surface area contributed by atoms with Crippen LogP contribution >= 0.6 is 0 Å². The van der Waals surface area contributed by atoms with Gasteiger partial charge in [-0.2, -0.15) is 0 Å². The van der Waals surface area contributed by atoms with Gasteiger partial charge in [-0.3, -0.25) is 9.78 Å². The molecule has 1 saturated heterocycles. The highest BCUT2D eigenvalue weighted by Gasteiger charge is 2.22. The molecule has 1 aromatic heterocycles. The molecule has 0 unspecified atom stereocenters. The number of anilines is 3. The van der Waals surface area contributed by atoms with E-state index in [2.05, 4.69) is 27.1 Å². The number of carbonyl (C=O) groups excluding carboxylic acids is 1. The van der Waals surface area contributed by atoms with Gasteiger partial charge >= 0.3 is 0 Å². The van der Waals surface area contributed by atoms with Crippen LogP contribution in [-0.4, -0.2) is 74.1 Å². The number of nitrogens with one attached hydrogen (secondary N) is 1. The third-order valence-corrected chi connectivity index (χ3v) is 7.39. The lowest BCUT2D eigenvalue weighted by atomic mass is 10.00. The number of rotatable bonds is 4. The van der Waals surface area contributed by atoms with E-state index in [1.54, 1.807) is 23.2 Å². The Labute approximate surface area is 221 Å². The highest BCUT2D eigenvalue weighted by molar-refractivity contribution is 5.97. The number of benzene rings is 3. The van der Waals surface area contributed by atoms with Crippen molar-refractivity contribution >= 4 is 33.9 Å². The van der Waals surface area contributed by atoms with Gasteiger partial charge in [-0.25, -0.2) is 4.39 Å². The molecule has 194 valence electrons. The first-order valence-corrected chi connectivity index (χ1v) is 12.9. The molecule has 3 aromatic carbocycles. The van der Waals surface area contributed by atoms with E-state index in [0.29, 0.717) is 30.8 Å². The minimum atomic E-state index is -0.418. The molecule has 0 bridgehead atoms. The van der Waals surface area contributed by atoms with Gasteiger partial charge in [-0.1, -0.05) is 12.1 Å². The molecule has 2 aliphatic rings. The molecular formula is C30H30FN5O2. The van der Waals surface area contributed by atoms with Gasteiger partial charge in [0.2, 0.25) is 0 Å². The first-order valence-electron chi connectivity index (χ1n) is 12.9. The fraction of sp³-hybridized carbons (Fsp3) is 0.267. The predicted molar refractivity (Wildman–Crippen MR) is 149 cm³/mol. The van der Waals surface area contributed by atoms with Gasteiger partial charge in [0.15, 0.2) is 0 Å². The lowest BCUT2D eigenvalue weighted by Crippen LogP contribution is -2.47. The van der Waals surface area contributed by atoms with E-state index in [0.717, 1.165) is 58.9 Å². The van der Waals surface area contributed by atoms with Crippen LogP contribution in [0.4, 0.5) is 21.5 Å². The van der Waals surface area contributed by atoms with Crippen molar-refractivity contribution in [2.45, 2.75) is 0 Å². The summed E-state index contributed by atoms with van der Waals surface area (Å²) in [6, 6.07) is 18.4. The zero-order chi connectivity index (χ0) is 26.2. The lowest BCUT2D eigenvalue weighted by molar-refractivity contribution is 0.0663. The van der Waals surface area contributed by atoms with Crippen LogP contribution in [0, 0.1) is 5.82 Å². The number of amides is 1. The van der Waals surface area contributed by atoms with Gasteiger partial charge in [0.05, 0.1) is 17.7 Å². The molecule has 0 radical (unpaired) electrons. The molecule has 0 saturated carbocycles. The van der Waals surface area contributed by atoms with E-state index in [4.69, 9.17) is 4.74 Å². The van der Waals surface area contributed by atoms with Crippen LogP contribution in [-0.2, 0) is 0 Å². The third-order valence-electron chi connectivity index (χ3n) is 7.39. The quantitative estimate of drug-likeness (QED) is 0.416. The van der Waals surface area contributed by atoms with Crippen LogP contribution in [0.2, 0.25) is 0 Å². The summed E-state index contributed by atoms with van der Waals surface area (Å²) in [6.45, 7) is 4.46. The summed E-state index contributed by atoms with van der Waals surface area (Å²) in [5.41, 5.74) is 5.17. The van der Waals surface area contributed by atoms with Crippen LogP contribution in [0.25, 0.3) is 22.0 Å². The zero-order valence-corrected chi connectivity index (χ0v) is 21.6. The van der Waals surface area contributed by atoms with Gasteiger partial charge < -0.3 is 24.8 Å². The zero-order valence-electron chi connectivity index (χ0n) is 21.6. The maximum atomic E-state index is 15.3. The van der Waals surface area contributed by atoms with Crippen molar-refractivity contribution in [3.05, 3.63) is 78.2 Å². The van der Waals surface area contributed by atoms with Crippen molar-refractivity contribution in [1.82, 2.24) is 14.8 Å². The number of hydrogen-bond donors (Lipinski definition) is 1. The topological polar surface area (TPSA) is 60.9 Å². The number of halogens is 1. The number of carbonyl (C=O) groups is 1. The molecule has 2 aliphatic heterocycles. The minimum absolute atomic E-state index is 0.127. The van der Waals surface area contributed by atoms with Crippen LogP contribution < -0.4 is 15.0 Å². The van der Waals surface area contributed by atoms with Crippen molar-refractivity contribution in [2.24, 2.45) is 0 Å². The van der Waals surface area contributed by atoms with Gasteiger partial charge in [-0.05, 0) is 55.1 Å². The highest BCUT2D eigenvalue weighted by atomic mass is 19.1. The van der Waals surface area contributed by atoms with Crippen LogP contribution in [0.15, 0.2) is 66.9 Å². The molecular weight excluding hydrogens is 481 g/mol. The molecule has 1 amide bonds. The van der Waals surface area contributed by atoms with Crippen molar-refractivity contribution < 1.29 is 13.9 Å². The molecule has 4 aromatic rings.